The number of aromatic nitrogens is 1. The summed E-state index contributed by atoms with van der Waals surface area (Å²) in [5.41, 5.74) is 0.877. The lowest BCUT2D eigenvalue weighted by Crippen LogP contribution is -2.31. The third-order valence-electron chi connectivity index (χ3n) is 3.66. The van der Waals surface area contributed by atoms with E-state index >= 15 is 0 Å². The van der Waals surface area contributed by atoms with Gasteiger partial charge < -0.3 is 14.4 Å². The maximum atomic E-state index is 12.3. The minimum atomic E-state index is 0.129. The summed E-state index contributed by atoms with van der Waals surface area (Å²) in [4.78, 5) is 18.7. The maximum Gasteiger partial charge on any atom is 0.223 e. The number of methoxy groups -OCH3 is 1. The summed E-state index contributed by atoms with van der Waals surface area (Å²) in [6.45, 7) is 9.26. The fourth-order valence-electron chi connectivity index (χ4n) is 2.39. The molecule has 0 aliphatic heterocycles. The summed E-state index contributed by atoms with van der Waals surface area (Å²) in [6, 6.07) is 7.44. The van der Waals surface area contributed by atoms with Gasteiger partial charge in [0.25, 0.3) is 0 Å². The van der Waals surface area contributed by atoms with Crippen molar-refractivity contribution in [1.29, 1.82) is 0 Å². The third-order valence-corrected chi connectivity index (χ3v) is 4.53. The van der Waals surface area contributed by atoms with E-state index < -0.39 is 0 Å². The van der Waals surface area contributed by atoms with E-state index in [4.69, 9.17) is 9.47 Å². The number of nitrogens with zero attached hydrogens (tertiary/aromatic N) is 2. The van der Waals surface area contributed by atoms with E-state index in [0.29, 0.717) is 32.0 Å². The van der Waals surface area contributed by atoms with E-state index in [1.165, 1.54) is 11.3 Å². The summed E-state index contributed by atoms with van der Waals surface area (Å²) in [6.07, 6.45) is 2.28. The Labute approximate surface area is 159 Å². The predicted octanol–water partition coefficient (Wildman–Crippen LogP) is 4.29. The monoisotopic (exact) mass is 374 g/mol. The van der Waals surface area contributed by atoms with Crippen molar-refractivity contribution < 1.29 is 14.3 Å². The highest BCUT2D eigenvalue weighted by Crippen LogP contribution is 2.20. The Kier molecular flexibility index (Phi) is 7.66. The normalized spacial score (nSPS) is 10.6. The molecular weight excluding hydrogens is 348 g/mol. The van der Waals surface area contributed by atoms with Crippen LogP contribution in [0.3, 0.4) is 0 Å². The van der Waals surface area contributed by atoms with Crippen LogP contribution in [0.5, 0.6) is 11.5 Å². The molecule has 5 nitrogen and oxygen atoms in total. The summed E-state index contributed by atoms with van der Waals surface area (Å²) in [7, 11) is 1.63. The Hall–Kier alpha value is -2.34. The van der Waals surface area contributed by atoms with E-state index in [9.17, 15) is 4.79 Å². The van der Waals surface area contributed by atoms with Crippen molar-refractivity contribution in [3.63, 3.8) is 0 Å². The number of carbonyl (C=O) groups excluding carboxylic acids is 1. The fraction of sp³-hybridized carbons (Fsp3) is 0.400. The van der Waals surface area contributed by atoms with Crippen molar-refractivity contribution >= 4 is 17.2 Å². The molecule has 0 aliphatic carbocycles. The molecule has 0 radical (unpaired) electrons. The Bertz CT molecular complexity index is 710. The zero-order chi connectivity index (χ0) is 18.9. The molecule has 0 bridgehead atoms. The van der Waals surface area contributed by atoms with Crippen molar-refractivity contribution in [2.24, 2.45) is 5.92 Å². The van der Waals surface area contributed by atoms with Crippen LogP contribution in [0.1, 0.15) is 31.0 Å². The van der Waals surface area contributed by atoms with Gasteiger partial charge in [-0.05, 0) is 30.2 Å². The number of rotatable bonds is 10. The van der Waals surface area contributed by atoms with Crippen LogP contribution in [-0.2, 0) is 17.9 Å². The van der Waals surface area contributed by atoms with E-state index in [-0.39, 0.29) is 5.91 Å². The molecule has 0 saturated carbocycles. The lowest BCUT2D eigenvalue weighted by atomic mass is 10.1. The van der Waals surface area contributed by atoms with Gasteiger partial charge in [0.05, 0.1) is 19.3 Å². The van der Waals surface area contributed by atoms with Crippen molar-refractivity contribution in [2.45, 2.75) is 33.4 Å². The lowest BCUT2D eigenvalue weighted by Gasteiger charge is -2.21. The molecule has 1 aromatic carbocycles. The molecule has 2 rings (SSSR count). The van der Waals surface area contributed by atoms with Crippen LogP contribution in [0.2, 0.25) is 0 Å². The van der Waals surface area contributed by atoms with Gasteiger partial charge in [-0.25, -0.2) is 4.98 Å². The van der Waals surface area contributed by atoms with Crippen molar-refractivity contribution in [3.05, 3.63) is 53.0 Å². The van der Waals surface area contributed by atoms with Crippen LogP contribution in [0, 0.1) is 5.92 Å². The van der Waals surface area contributed by atoms with Gasteiger partial charge in [0.2, 0.25) is 5.91 Å². The first-order valence-corrected chi connectivity index (χ1v) is 9.48. The molecule has 6 heteroatoms. The molecule has 0 N–H and O–H groups in total. The zero-order valence-corrected chi connectivity index (χ0v) is 16.4. The topological polar surface area (TPSA) is 51.7 Å². The van der Waals surface area contributed by atoms with Crippen LogP contribution in [0.25, 0.3) is 0 Å². The first-order chi connectivity index (χ1) is 12.5. The highest BCUT2D eigenvalue weighted by Gasteiger charge is 2.15. The lowest BCUT2D eigenvalue weighted by molar-refractivity contribution is -0.132. The number of carbonyl (C=O) groups is 1. The van der Waals surface area contributed by atoms with Gasteiger partial charge in [0.15, 0.2) is 0 Å². The molecule has 0 spiro atoms. The molecule has 26 heavy (non-hydrogen) atoms. The Morgan fingerprint density at radius 2 is 2.00 bits per heavy atom. The molecule has 140 valence electrons. The highest BCUT2D eigenvalue weighted by molar-refractivity contribution is 7.09. The quantitative estimate of drug-likeness (QED) is 0.582. The molecule has 0 atom stereocenters. The predicted molar refractivity (Wildman–Crippen MR) is 105 cm³/mol. The minimum Gasteiger partial charge on any atom is -0.497 e. The van der Waals surface area contributed by atoms with Crippen molar-refractivity contribution in [3.8, 4) is 11.5 Å². The van der Waals surface area contributed by atoms with Crippen LogP contribution < -0.4 is 9.47 Å². The van der Waals surface area contributed by atoms with Crippen molar-refractivity contribution in [1.82, 2.24) is 9.88 Å². The summed E-state index contributed by atoms with van der Waals surface area (Å²) in [5, 5.41) is 2.86. The molecular formula is C20H26N2O3S. The van der Waals surface area contributed by atoms with E-state index in [0.717, 1.165) is 22.2 Å². The first kappa shape index (κ1) is 20.0. The standard InChI is InChI=1S/C20H26N2O3S/c1-5-10-22(20(23)11-15(2)3)12-16-14-26-19(21-16)13-25-18-8-6-17(24-4)7-9-18/h5-9,14-15H,1,10-13H2,2-4H3. The Balaban J connectivity index is 1.92. The van der Waals surface area contributed by atoms with Crippen molar-refractivity contribution in [2.75, 3.05) is 13.7 Å². The SMILES string of the molecule is C=CCN(Cc1csc(COc2ccc(OC)cc2)n1)C(=O)CC(C)C. The van der Waals surface area contributed by atoms with E-state index in [1.54, 1.807) is 18.1 Å². The number of hydrogen-bond acceptors (Lipinski definition) is 5. The first-order valence-electron chi connectivity index (χ1n) is 8.60. The number of hydrogen-bond donors (Lipinski definition) is 0. The summed E-state index contributed by atoms with van der Waals surface area (Å²) in [5.74, 6) is 2.02. The number of benzene rings is 1. The van der Waals surface area contributed by atoms with Gasteiger partial charge in [-0.15, -0.1) is 17.9 Å². The third kappa shape index (κ3) is 6.19. The zero-order valence-electron chi connectivity index (χ0n) is 15.6. The van der Waals surface area contributed by atoms with Crippen LogP contribution in [-0.4, -0.2) is 29.4 Å². The molecule has 2 aromatic rings. The molecule has 0 aliphatic rings. The van der Waals surface area contributed by atoms with Gasteiger partial charge in [-0.3, -0.25) is 4.79 Å². The van der Waals surface area contributed by atoms with Crippen LogP contribution >= 0.6 is 11.3 Å². The molecule has 0 unspecified atom stereocenters. The summed E-state index contributed by atoms with van der Waals surface area (Å²) >= 11 is 1.54. The number of thiazole rings is 1. The van der Waals surface area contributed by atoms with Gasteiger partial charge in [0.1, 0.15) is 23.1 Å². The molecule has 0 fully saturated rings. The second-order valence-electron chi connectivity index (χ2n) is 6.36. The van der Waals surface area contributed by atoms with Crippen LogP contribution in [0.4, 0.5) is 0 Å². The second kappa shape index (κ2) is 9.97. The van der Waals surface area contributed by atoms with Crippen LogP contribution in [0.15, 0.2) is 42.3 Å². The molecule has 0 saturated heterocycles. The minimum absolute atomic E-state index is 0.129. The molecule has 1 heterocycles. The maximum absolute atomic E-state index is 12.3. The van der Waals surface area contributed by atoms with E-state index in [1.807, 2.05) is 43.5 Å². The Morgan fingerprint density at radius 1 is 1.31 bits per heavy atom. The van der Waals surface area contributed by atoms with Gasteiger partial charge in [0, 0.05) is 18.3 Å². The van der Waals surface area contributed by atoms with Gasteiger partial charge >= 0.3 is 0 Å². The molecule has 1 amide bonds. The second-order valence-corrected chi connectivity index (χ2v) is 7.30. The number of ether oxygens (including phenoxy) is 2. The van der Waals surface area contributed by atoms with E-state index in [2.05, 4.69) is 11.6 Å². The molecule has 1 aromatic heterocycles. The fourth-order valence-corrected chi connectivity index (χ4v) is 3.09. The average Bonchev–Trinajstić information content (AvgIpc) is 3.07. The smallest absolute Gasteiger partial charge is 0.223 e. The van der Waals surface area contributed by atoms with Gasteiger partial charge in [-0.1, -0.05) is 19.9 Å². The largest absolute Gasteiger partial charge is 0.497 e. The highest BCUT2D eigenvalue weighted by atomic mass is 32.1. The Morgan fingerprint density at radius 3 is 2.62 bits per heavy atom. The summed E-state index contributed by atoms with van der Waals surface area (Å²) < 4.78 is 10.9. The average molecular weight is 375 g/mol. The van der Waals surface area contributed by atoms with Gasteiger partial charge in [-0.2, -0.15) is 0 Å². The number of amides is 1.